The summed E-state index contributed by atoms with van der Waals surface area (Å²) < 4.78 is 0. The van der Waals surface area contributed by atoms with Crippen LogP contribution in [-0.4, -0.2) is 40.8 Å². The van der Waals surface area contributed by atoms with Crippen LogP contribution in [0.1, 0.15) is 18.1 Å². The van der Waals surface area contributed by atoms with Gasteiger partial charge in [0.1, 0.15) is 6.04 Å². The summed E-state index contributed by atoms with van der Waals surface area (Å²) in [6.45, 7) is 2.89. The molecule has 32 heavy (non-hydrogen) atoms. The fourth-order valence-electron chi connectivity index (χ4n) is 4.29. The van der Waals surface area contributed by atoms with Gasteiger partial charge in [-0.1, -0.05) is 54.9 Å². The maximum absolute atomic E-state index is 13.4. The Morgan fingerprint density at radius 3 is 2.72 bits per heavy atom. The number of benzene rings is 2. The van der Waals surface area contributed by atoms with Crippen molar-refractivity contribution < 1.29 is 9.59 Å². The van der Waals surface area contributed by atoms with Crippen LogP contribution in [0.15, 0.2) is 73.1 Å². The number of carbonyl (C=O) groups is 2. The molecule has 164 valence electrons. The van der Waals surface area contributed by atoms with Crippen LogP contribution in [0, 0.1) is 5.92 Å². The lowest BCUT2D eigenvalue weighted by Gasteiger charge is -2.37. The molecule has 0 spiro atoms. The van der Waals surface area contributed by atoms with Crippen molar-refractivity contribution in [1.82, 2.24) is 15.2 Å². The molecule has 0 aliphatic carbocycles. The highest BCUT2D eigenvalue weighted by Crippen LogP contribution is 2.26. The van der Waals surface area contributed by atoms with Crippen LogP contribution in [0.4, 0.5) is 0 Å². The van der Waals surface area contributed by atoms with E-state index in [-0.39, 0.29) is 17.7 Å². The molecule has 4 rings (SSSR count). The minimum atomic E-state index is -0.541. The number of pyridine rings is 1. The second-order valence-electron chi connectivity index (χ2n) is 8.17. The fourth-order valence-corrected chi connectivity index (χ4v) is 4.50. The van der Waals surface area contributed by atoms with Crippen molar-refractivity contribution in [3.05, 3.63) is 89.2 Å². The van der Waals surface area contributed by atoms with Gasteiger partial charge in [-0.3, -0.25) is 14.6 Å². The Labute approximate surface area is 193 Å². The SMILES string of the molecule is C[C@H](Cc1cccc(Cl)c1)C(=O)N1CCNC(=O)[C@@H]1Cc1ccccc1-c1ccncc1. The molecule has 1 N–H and O–H groups in total. The van der Waals surface area contributed by atoms with Gasteiger partial charge in [-0.25, -0.2) is 0 Å². The zero-order valence-electron chi connectivity index (χ0n) is 18.0. The van der Waals surface area contributed by atoms with E-state index in [0.29, 0.717) is 31.0 Å². The highest BCUT2D eigenvalue weighted by Gasteiger charge is 2.35. The van der Waals surface area contributed by atoms with Crippen LogP contribution in [0.3, 0.4) is 0 Å². The molecule has 1 aliphatic rings. The van der Waals surface area contributed by atoms with Crippen molar-refractivity contribution in [1.29, 1.82) is 0 Å². The number of rotatable bonds is 6. The molecule has 0 saturated carbocycles. The van der Waals surface area contributed by atoms with E-state index in [1.807, 2.05) is 67.6 Å². The Morgan fingerprint density at radius 2 is 1.94 bits per heavy atom. The van der Waals surface area contributed by atoms with Gasteiger partial charge in [0.15, 0.2) is 0 Å². The van der Waals surface area contributed by atoms with Gasteiger partial charge in [0, 0.05) is 42.8 Å². The lowest BCUT2D eigenvalue weighted by molar-refractivity contribution is -0.145. The molecule has 0 radical (unpaired) electrons. The van der Waals surface area contributed by atoms with Crippen molar-refractivity contribution in [2.24, 2.45) is 5.92 Å². The summed E-state index contributed by atoms with van der Waals surface area (Å²) in [6.07, 6.45) is 4.55. The van der Waals surface area contributed by atoms with Gasteiger partial charge >= 0.3 is 0 Å². The largest absolute Gasteiger partial charge is 0.353 e. The Kier molecular flexibility index (Phi) is 6.86. The van der Waals surface area contributed by atoms with Gasteiger partial charge in [0.2, 0.25) is 11.8 Å². The van der Waals surface area contributed by atoms with Gasteiger partial charge in [-0.2, -0.15) is 0 Å². The molecule has 0 bridgehead atoms. The predicted molar refractivity (Wildman–Crippen MR) is 126 cm³/mol. The lowest BCUT2D eigenvalue weighted by atomic mass is 9.92. The Balaban J connectivity index is 1.56. The molecule has 0 unspecified atom stereocenters. The Bertz CT molecular complexity index is 1100. The summed E-state index contributed by atoms with van der Waals surface area (Å²) in [7, 11) is 0. The fraction of sp³-hybridized carbons (Fsp3) is 0.269. The summed E-state index contributed by atoms with van der Waals surface area (Å²) in [4.78, 5) is 32.1. The third-order valence-electron chi connectivity index (χ3n) is 5.89. The maximum atomic E-state index is 13.4. The molecule has 2 heterocycles. The predicted octanol–water partition coefficient (Wildman–Crippen LogP) is 4.15. The van der Waals surface area contributed by atoms with Crippen molar-refractivity contribution in [3.8, 4) is 11.1 Å². The van der Waals surface area contributed by atoms with E-state index in [1.165, 1.54) is 0 Å². The summed E-state index contributed by atoms with van der Waals surface area (Å²) >= 11 is 6.10. The number of carbonyl (C=O) groups excluding carboxylic acids is 2. The Morgan fingerprint density at radius 1 is 1.16 bits per heavy atom. The third-order valence-corrected chi connectivity index (χ3v) is 6.12. The first-order valence-corrected chi connectivity index (χ1v) is 11.2. The number of aromatic nitrogens is 1. The van der Waals surface area contributed by atoms with E-state index in [4.69, 9.17) is 11.6 Å². The second-order valence-corrected chi connectivity index (χ2v) is 8.61. The quantitative estimate of drug-likeness (QED) is 0.617. The topological polar surface area (TPSA) is 62.3 Å². The molecular weight excluding hydrogens is 422 g/mol. The van der Waals surface area contributed by atoms with E-state index in [9.17, 15) is 9.59 Å². The van der Waals surface area contributed by atoms with Crippen molar-refractivity contribution in [2.45, 2.75) is 25.8 Å². The van der Waals surface area contributed by atoms with Gasteiger partial charge < -0.3 is 10.2 Å². The van der Waals surface area contributed by atoms with Crippen molar-refractivity contribution in [3.63, 3.8) is 0 Å². The summed E-state index contributed by atoms with van der Waals surface area (Å²) in [5.74, 6) is -0.368. The van der Waals surface area contributed by atoms with Gasteiger partial charge in [-0.15, -0.1) is 0 Å². The summed E-state index contributed by atoms with van der Waals surface area (Å²) in [6, 6.07) is 19.0. The molecule has 1 saturated heterocycles. The normalized spacial score (nSPS) is 17.0. The zero-order valence-corrected chi connectivity index (χ0v) is 18.8. The second kappa shape index (κ2) is 9.96. The molecule has 5 nitrogen and oxygen atoms in total. The summed E-state index contributed by atoms with van der Waals surface area (Å²) in [5, 5.41) is 3.59. The van der Waals surface area contributed by atoms with Crippen LogP contribution in [-0.2, 0) is 22.4 Å². The molecule has 1 aliphatic heterocycles. The molecular formula is C26H26ClN3O2. The van der Waals surface area contributed by atoms with Gasteiger partial charge in [-0.05, 0) is 52.9 Å². The zero-order chi connectivity index (χ0) is 22.5. The van der Waals surface area contributed by atoms with Crippen LogP contribution in [0.25, 0.3) is 11.1 Å². The number of nitrogens with one attached hydrogen (secondary N) is 1. The Hall–Kier alpha value is -3.18. The molecule has 2 aromatic carbocycles. The molecule has 2 atom stereocenters. The summed E-state index contributed by atoms with van der Waals surface area (Å²) in [5.41, 5.74) is 4.13. The van der Waals surface area contributed by atoms with Crippen LogP contribution < -0.4 is 5.32 Å². The third kappa shape index (κ3) is 5.00. The van der Waals surface area contributed by atoms with Crippen LogP contribution in [0.2, 0.25) is 5.02 Å². The van der Waals surface area contributed by atoms with Gasteiger partial charge in [0.05, 0.1) is 0 Å². The first kappa shape index (κ1) is 22.0. The monoisotopic (exact) mass is 447 g/mol. The number of halogens is 1. The van der Waals surface area contributed by atoms with Crippen molar-refractivity contribution >= 4 is 23.4 Å². The van der Waals surface area contributed by atoms with Crippen LogP contribution >= 0.6 is 11.6 Å². The van der Waals surface area contributed by atoms with E-state index in [0.717, 1.165) is 22.3 Å². The standard InChI is InChI=1S/C26H26ClN3O2/c1-18(15-19-5-4-7-22(27)16-19)26(32)30-14-13-29-25(31)24(30)17-21-6-2-3-8-23(21)20-9-11-28-12-10-20/h2-12,16,18,24H,13-15,17H2,1H3,(H,29,31)/t18-,24+/m1/s1. The minimum Gasteiger partial charge on any atom is -0.353 e. The average molecular weight is 448 g/mol. The smallest absolute Gasteiger partial charge is 0.243 e. The van der Waals surface area contributed by atoms with Crippen LogP contribution in [0.5, 0.6) is 0 Å². The molecule has 1 fully saturated rings. The molecule has 6 heteroatoms. The number of nitrogens with zero attached hydrogens (tertiary/aromatic N) is 2. The first-order valence-electron chi connectivity index (χ1n) is 10.8. The number of amides is 2. The minimum absolute atomic E-state index is 0.00813. The van der Waals surface area contributed by atoms with E-state index in [1.54, 1.807) is 17.3 Å². The molecule has 1 aromatic heterocycles. The maximum Gasteiger partial charge on any atom is 0.243 e. The number of hydrogen-bond acceptors (Lipinski definition) is 3. The van der Waals surface area contributed by atoms with E-state index < -0.39 is 6.04 Å². The molecule has 3 aromatic rings. The average Bonchev–Trinajstić information content (AvgIpc) is 2.81. The molecule has 2 amide bonds. The van der Waals surface area contributed by atoms with E-state index >= 15 is 0 Å². The number of hydrogen-bond donors (Lipinski definition) is 1. The highest BCUT2D eigenvalue weighted by molar-refractivity contribution is 6.30. The number of piperazine rings is 1. The highest BCUT2D eigenvalue weighted by atomic mass is 35.5. The first-order chi connectivity index (χ1) is 15.5. The van der Waals surface area contributed by atoms with Crippen molar-refractivity contribution in [2.75, 3.05) is 13.1 Å². The van der Waals surface area contributed by atoms with E-state index in [2.05, 4.69) is 10.3 Å². The van der Waals surface area contributed by atoms with Gasteiger partial charge in [0.25, 0.3) is 0 Å². The lowest BCUT2D eigenvalue weighted by Crippen LogP contribution is -2.59.